The average molecular weight is 450 g/mol. The molecule has 0 spiro atoms. The molecule has 0 fully saturated rings. The van der Waals surface area contributed by atoms with Gasteiger partial charge in [0.15, 0.2) is 0 Å². The average Bonchev–Trinajstić information content (AvgIpc) is 2.59. The van der Waals surface area contributed by atoms with E-state index in [1.54, 1.807) is 20.8 Å². The zero-order valence-electron chi connectivity index (χ0n) is 18.9. The van der Waals surface area contributed by atoms with Gasteiger partial charge in [0, 0.05) is 16.1 Å². The third-order valence-electron chi connectivity index (χ3n) is 4.25. The molecular weight excluding hydrogens is 421 g/mol. The molecule has 168 valence electrons. The van der Waals surface area contributed by atoms with Crippen LogP contribution >= 0.6 is 11.6 Å². The first-order chi connectivity index (χ1) is 14.2. The third-order valence-corrected chi connectivity index (χ3v) is 4.65. The first-order valence-electron chi connectivity index (χ1n) is 9.85. The van der Waals surface area contributed by atoms with Crippen molar-refractivity contribution >= 4 is 29.2 Å². The Bertz CT molecular complexity index is 995. The highest BCUT2D eigenvalue weighted by molar-refractivity contribution is 6.31. The fourth-order valence-electron chi connectivity index (χ4n) is 2.76. The molecule has 0 atom stereocenters. The molecule has 0 radical (unpaired) electrons. The number of carbonyl (C=O) groups is 1. The summed E-state index contributed by atoms with van der Waals surface area (Å²) in [6.45, 7) is 13.0. The molecule has 0 aliphatic rings. The van der Waals surface area contributed by atoms with Crippen molar-refractivity contribution in [2.75, 3.05) is 11.9 Å². The fraction of sp³-hybridized carbons (Fsp3) is 0.435. The lowest BCUT2D eigenvalue weighted by Crippen LogP contribution is -2.28. The Morgan fingerprint density at radius 1 is 1.19 bits per heavy atom. The van der Waals surface area contributed by atoms with Gasteiger partial charge < -0.3 is 14.9 Å². The minimum absolute atomic E-state index is 0.0195. The predicted molar refractivity (Wildman–Crippen MR) is 121 cm³/mol. The molecule has 0 aliphatic carbocycles. The topological polar surface area (TPSA) is 84.3 Å². The second-order valence-electron chi connectivity index (χ2n) is 9.27. The van der Waals surface area contributed by atoms with Crippen LogP contribution in [0.15, 0.2) is 24.3 Å². The maximum Gasteiger partial charge on any atom is 0.413 e. The molecule has 0 saturated heterocycles. The number of nitrogens with one attached hydrogen (secondary N) is 2. The van der Waals surface area contributed by atoms with Gasteiger partial charge in [0.05, 0.1) is 5.71 Å². The number of halogens is 2. The van der Waals surface area contributed by atoms with E-state index in [1.807, 2.05) is 39.8 Å². The van der Waals surface area contributed by atoms with Gasteiger partial charge in [-0.15, -0.1) is 0 Å². The van der Waals surface area contributed by atoms with Crippen LogP contribution in [0.4, 0.5) is 15.0 Å². The van der Waals surface area contributed by atoms with Gasteiger partial charge in [0.1, 0.15) is 23.8 Å². The summed E-state index contributed by atoms with van der Waals surface area (Å²) in [7, 11) is 0. The number of ether oxygens (including phenoxy) is 2. The molecule has 2 N–H and O–H groups in total. The van der Waals surface area contributed by atoms with Gasteiger partial charge >= 0.3 is 6.09 Å². The zero-order valence-corrected chi connectivity index (χ0v) is 19.7. The largest absolute Gasteiger partial charge is 0.487 e. The molecule has 1 amide bonds. The lowest BCUT2D eigenvalue weighted by Gasteiger charge is -2.24. The number of nitrogens with zero attached hydrogens (tertiary/aromatic N) is 1. The summed E-state index contributed by atoms with van der Waals surface area (Å²) in [4.78, 5) is 15.8. The molecular formula is C23H29ClFN3O3. The highest BCUT2D eigenvalue weighted by atomic mass is 35.5. The van der Waals surface area contributed by atoms with Crippen LogP contribution in [0.5, 0.6) is 5.75 Å². The highest BCUT2D eigenvalue weighted by Gasteiger charge is 2.22. The summed E-state index contributed by atoms with van der Waals surface area (Å²) in [6, 6.07) is 6.19. The summed E-state index contributed by atoms with van der Waals surface area (Å²) in [5.41, 5.74) is 1.05. The van der Waals surface area contributed by atoms with Gasteiger partial charge in [-0.1, -0.05) is 32.4 Å². The smallest absolute Gasteiger partial charge is 0.413 e. The van der Waals surface area contributed by atoms with Crippen molar-refractivity contribution in [2.45, 2.75) is 59.5 Å². The summed E-state index contributed by atoms with van der Waals surface area (Å²) < 4.78 is 24.8. The van der Waals surface area contributed by atoms with E-state index in [9.17, 15) is 9.18 Å². The van der Waals surface area contributed by atoms with Crippen molar-refractivity contribution < 1.29 is 18.7 Å². The van der Waals surface area contributed by atoms with Gasteiger partial charge in [-0.3, -0.25) is 5.32 Å². The second-order valence-corrected chi connectivity index (χ2v) is 9.68. The van der Waals surface area contributed by atoms with Crippen molar-refractivity contribution in [1.29, 1.82) is 5.41 Å². The van der Waals surface area contributed by atoms with E-state index in [2.05, 4.69) is 10.3 Å². The standard InChI is InChI=1S/C23H29ClFN3O3/c1-13-10-18(15(11-16(13)24)22(2,3)4)30-12-17(26)14-8-9-19(25)27-20(14)28-21(29)31-23(5,6)7/h8-11,26H,12H2,1-7H3,(H,27,28,29). The van der Waals surface area contributed by atoms with Crippen LogP contribution in [0.1, 0.15) is 58.2 Å². The van der Waals surface area contributed by atoms with Crippen LogP contribution in [0.2, 0.25) is 5.02 Å². The third kappa shape index (κ3) is 6.92. The molecule has 0 bridgehead atoms. The van der Waals surface area contributed by atoms with Gasteiger partial charge in [0.2, 0.25) is 5.95 Å². The molecule has 0 aliphatic heterocycles. The Morgan fingerprint density at radius 2 is 1.84 bits per heavy atom. The Kier molecular flexibility index (Phi) is 7.32. The summed E-state index contributed by atoms with van der Waals surface area (Å²) in [6.07, 6.45) is -0.788. The van der Waals surface area contributed by atoms with E-state index in [4.69, 9.17) is 26.5 Å². The highest BCUT2D eigenvalue weighted by Crippen LogP contribution is 2.35. The predicted octanol–water partition coefficient (Wildman–Crippen LogP) is 6.27. The summed E-state index contributed by atoms with van der Waals surface area (Å²) >= 11 is 6.29. The SMILES string of the molecule is Cc1cc(OCC(=N)c2ccc(F)nc2NC(=O)OC(C)(C)C)c(C(C)(C)C)cc1Cl. The normalized spacial score (nSPS) is 11.8. The minimum atomic E-state index is -0.788. The van der Waals surface area contributed by atoms with Crippen LogP contribution in [-0.2, 0) is 10.2 Å². The number of pyridine rings is 1. The molecule has 2 rings (SSSR count). The number of aryl methyl sites for hydroxylation is 1. The fourth-order valence-corrected chi connectivity index (χ4v) is 2.93. The van der Waals surface area contributed by atoms with Gasteiger partial charge in [0.25, 0.3) is 0 Å². The van der Waals surface area contributed by atoms with Crippen molar-refractivity contribution in [3.63, 3.8) is 0 Å². The number of benzene rings is 1. The van der Waals surface area contributed by atoms with E-state index in [0.717, 1.165) is 17.2 Å². The maximum absolute atomic E-state index is 13.7. The monoisotopic (exact) mass is 449 g/mol. The molecule has 1 heterocycles. The summed E-state index contributed by atoms with van der Waals surface area (Å²) in [5, 5.41) is 11.5. The van der Waals surface area contributed by atoms with E-state index >= 15 is 0 Å². The van der Waals surface area contributed by atoms with Crippen LogP contribution in [0.3, 0.4) is 0 Å². The van der Waals surface area contributed by atoms with Crippen molar-refractivity contribution in [3.8, 4) is 5.75 Å². The lowest BCUT2D eigenvalue weighted by atomic mass is 9.86. The number of rotatable bonds is 5. The molecule has 2 aromatic rings. The van der Waals surface area contributed by atoms with E-state index in [-0.39, 0.29) is 29.1 Å². The van der Waals surface area contributed by atoms with Crippen LogP contribution in [0, 0.1) is 18.3 Å². The number of aromatic nitrogens is 1. The number of hydrogen-bond acceptors (Lipinski definition) is 5. The van der Waals surface area contributed by atoms with Crippen LogP contribution in [-0.4, -0.2) is 29.0 Å². The quantitative estimate of drug-likeness (QED) is 0.416. The summed E-state index contributed by atoms with van der Waals surface area (Å²) in [5.74, 6) is -0.283. The molecule has 6 nitrogen and oxygen atoms in total. The molecule has 1 aromatic carbocycles. The number of hydrogen-bond donors (Lipinski definition) is 2. The Labute approximate surface area is 187 Å². The molecule has 0 unspecified atom stereocenters. The van der Waals surface area contributed by atoms with Crippen molar-refractivity contribution in [3.05, 3.63) is 51.9 Å². The molecule has 8 heteroatoms. The van der Waals surface area contributed by atoms with Crippen LogP contribution in [0.25, 0.3) is 0 Å². The van der Waals surface area contributed by atoms with Crippen molar-refractivity contribution in [2.24, 2.45) is 0 Å². The molecule has 0 saturated carbocycles. The minimum Gasteiger partial charge on any atom is -0.487 e. The molecule has 31 heavy (non-hydrogen) atoms. The number of amides is 1. The molecule has 1 aromatic heterocycles. The number of carbonyl (C=O) groups excluding carboxylic acids is 1. The maximum atomic E-state index is 13.7. The first kappa shape index (κ1) is 24.6. The van der Waals surface area contributed by atoms with Gasteiger partial charge in [-0.25, -0.2) is 9.78 Å². The Morgan fingerprint density at radius 3 is 2.42 bits per heavy atom. The number of anilines is 1. The Hall–Kier alpha value is -2.67. The second kappa shape index (κ2) is 9.22. The van der Waals surface area contributed by atoms with E-state index in [1.165, 1.54) is 6.07 Å². The lowest BCUT2D eigenvalue weighted by molar-refractivity contribution is 0.0635. The van der Waals surface area contributed by atoms with Crippen LogP contribution < -0.4 is 10.1 Å². The van der Waals surface area contributed by atoms with E-state index < -0.39 is 17.6 Å². The zero-order chi connectivity index (χ0) is 23.6. The Balaban J connectivity index is 2.26. The van der Waals surface area contributed by atoms with Gasteiger partial charge in [-0.2, -0.15) is 4.39 Å². The first-order valence-corrected chi connectivity index (χ1v) is 10.2. The van der Waals surface area contributed by atoms with Crippen molar-refractivity contribution in [1.82, 2.24) is 4.98 Å². The van der Waals surface area contributed by atoms with Gasteiger partial charge in [-0.05, 0) is 62.9 Å². The van der Waals surface area contributed by atoms with E-state index in [0.29, 0.717) is 10.8 Å².